The van der Waals surface area contributed by atoms with Crippen molar-refractivity contribution in [2.24, 2.45) is 0 Å². The summed E-state index contributed by atoms with van der Waals surface area (Å²) in [5.74, 6) is -2.10. The molecule has 0 unspecified atom stereocenters. The zero-order valence-corrected chi connectivity index (χ0v) is 23.7. The first-order valence-corrected chi connectivity index (χ1v) is 14.1. The molecular formula is C27H25ClFN5O6S. The highest BCUT2D eigenvalue weighted by atomic mass is 35.5. The lowest BCUT2D eigenvalue weighted by molar-refractivity contribution is -0.138. The number of aromatic nitrogens is 3. The predicted octanol–water partition coefficient (Wildman–Crippen LogP) is 3.54. The first-order chi connectivity index (χ1) is 19.4. The number of hydrogen-bond donors (Lipinski definition) is 2. The van der Waals surface area contributed by atoms with Crippen LogP contribution >= 0.6 is 11.6 Å². The number of carbonyl (C=O) groups excluding carboxylic acids is 2. The third-order valence-electron chi connectivity index (χ3n) is 5.88. The number of nitrogens with zero attached hydrogens (tertiary/aromatic N) is 3. The topological polar surface area (TPSA) is 149 Å². The number of anilines is 1. The van der Waals surface area contributed by atoms with E-state index in [1.807, 2.05) is 0 Å². The summed E-state index contributed by atoms with van der Waals surface area (Å²) in [6.45, 7) is 3.42. The van der Waals surface area contributed by atoms with Gasteiger partial charge in [0.1, 0.15) is 16.4 Å². The highest BCUT2D eigenvalue weighted by molar-refractivity contribution is 7.92. The Morgan fingerprint density at radius 3 is 2.54 bits per heavy atom. The first-order valence-electron chi connectivity index (χ1n) is 12.2. The molecule has 0 atom stereocenters. The van der Waals surface area contributed by atoms with Crippen LogP contribution < -0.4 is 20.3 Å². The number of nitrogens with one attached hydrogen (secondary N) is 2. The van der Waals surface area contributed by atoms with Gasteiger partial charge in [0.25, 0.3) is 21.5 Å². The highest BCUT2D eigenvalue weighted by Gasteiger charge is 2.22. The molecule has 214 valence electrons. The van der Waals surface area contributed by atoms with Crippen LogP contribution in [-0.2, 0) is 26.2 Å². The van der Waals surface area contributed by atoms with Gasteiger partial charge < -0.3 is 10.1 Å². The summed E-state index contributed by atoms with van der Waals surface area (Å²) >= 11 is 5.96. The molecule has 0 aliphatic carbocycles. The van der Waals surface area contributed by atoms with Gasteiger partial charge in [-0.05, 0) is 55.8 Å². The normalized spacial score (nSPS) is 11.5. The van der Waals surface area contributed by atoms with Crippen LogP contribution in [0.2, 0.25) is 5.02 Å². The lowest BCUT2D eigenvalue weighted by Gasteiger charge is -2.14. The van der Waals surface area contributed by atoms with E-state index in [1.165, 1.54) is 30.3 Å². The Balaban J connectivity index is 1.65. The Kier molecular flexibility index (Phi) is 8.69. The number of methoxy groups -OCH3 is 1. The monoisotopic (exact) mass is 601 g/mol. The zero-order valence-electron chi connectivity index (χ0n) is 22.1. The lowest BCUT2D eigenvalue weighted by atomic mass is 10.1. The van der Waals surface area contributed by atoms with Crippen molar-refractivity contribution in [3.05, 3.63) is 76.2 Å². The largest absolute Gasteiger partial charge is 0.480 e. The molecule has 0 bridgehead atoms. The number of benzene rings is 2. The van der Waals surface area contributed by atoms with Crippen molar-refractivity contribution in [1.82, 2.24) is 19.9 Å². The molecule has 2 aromatic carbocycles. The fourth-order valence-electron chi connectivity index (χ4n) is 3.91. The number of ether oxygens (including phenoxy) is 1. The third kappa shape index (κ3) is 6.69. The molecule has 0 fully saturated rings. The Morgan fingerprint density at radius 2 is 1.85 bits per heavy atom. The van der Waals surface area contributed by atoms with Crippen LogP contribution in [-0.4, -0.2) is 47.8 Å². The number of Topliss-reactive ketones (excluding diaryl/α,β-unsaturated/α-hetero) is 1. The molecule has 2 N–H and O–H groups in total. The van der Waals surface area contributed by atoms with Gasteiger partial charge in [-0.15, -0.1) is 0 Å². The second kappa shape index (κ2) is 12.0. The molecule has 0 spiro atoms. The van der Waals surface area contributed by atoms with Crippen molar-refractivity contribution in [3.8, 4) is 17.0 Å². The maximum absolute atomic E-state index is 13.4. The van der Waals surface area contributed by atoms with Gasteiger partial charge in [0.2, 0.25) is 11.7 Å². The first kappa shape index (κ1) is 29.6. The van der Waals surface area contributed by atoms with Crippen molar-refractivity contribution >= 4 is 49.9 Å². The molecule has 41 heavy (non-hydrogen) atoms. The number of rotatable bonds is 10. The zero-order chi connectivity index (χ0) is 29.9. The van der Waals surface area contributed by atoms with E-state index in [4.69, 9.17) is 16.3 Å². The SMILES string of the molecule is COc1ncc(-c2ccc3ncn(CCC(=O)C(=O)NC(C)C)c(=O)c3c2)cc1NS(=O)(=O)c1ccc(F)cc1Cl. The maximum Gasteiger partial charge on any atom is 0.287 e. The molecule has 0 aliphatic rings. The Hall–Kier alpha value is -4.36. The number of fused-ring (bicyclic) bond motifs is 1. The number of aryl methyl sites for hydroxylation is 1. The van der Waals surface area contributed by atoms with Gasteiger partial charge in [0.05, 0.1) is 29.4 Å². The number of ketones is 1. The molecule has 1 amide bonds. The van der Waals surface area contributed by atoms with Crippen molar-refractivity contribution in [3.63, 3.8) is 0 Å². The van der Waals surface area contributed by atoms with E-state index in [2.05, 4.69) is 20.0 Å². The molecule has 2 aromatic heterocycles. The minimum atomic E-state index is -4.25. The molecular weight excluding hydrogens is 577 g/mol. The molecule has 4 aromatic rings. The van der Waals surface area contributed by atoms with E-state index < -0.39 is 33.1 Å². The molecule has 4 rings (SSSR count). The molecule has 0 saturated carbocycles. The summed E-state index contributed by atoms with van der Waals surface area (Å²) in [5, 5.41) is 2.45. The number of carbonyl (C=O) groups is 2. The standard InChI is InChI=1S/C27H25ClFN5O6S/c1-15(2)32-25(36)23(35)8-9-34-14-31-21-6-4-16(10-19(21)27(34)37)17-11-22(26(40-3)30-13-17)33-41(38,39)24-7-5-18(29)12-20(24)28/h4-7,10-15,33H,8-9H2,1-3H3,(H,32,36). The number of pyridine rings is 1. The van der Waals surface area contributed by atoms with E-state index in [0.717, 1.165) is 18.2 Å². The molecule has 0 saturated heterocycles. The lowest BCUT2D eigenvalue weighted by Crippen LogP contribution is -2.36. The number of halogens is 2. The van der Waals surface area contributed by atoms with E-state index >= 15 is 0 Å². The van der Waals surface area contributed by atoms with Gasteiger partial charge in [0, 0.05) is 30.8 Å². The maximum atomic E-state index is 13.4. The van der Waals surface area contributed by atoms with Crippen LogP contribution in [0.1, 0.15) is 20.3 Å². The quantitative estimate of drug-likeness (QED) is 0.262. The van der Waals surface area contributed by atoms with Crippen molar-refractivity contribution in [2.75, 3.05) is 11.8 Å². The average molecular weight is 602 g/mol. The average Bonchev–Trinajstić information content (AvgIpc) is 2.91. The third-order valence-corrected chi connectivity index (χ3v) is 7.73. The van der Waals surface area contributed by atoms with Gasteiger partial charge >= 0.3 is 0 Å². The van der Waals surface area contributed by atoms with Gasteiger partial charge in [-0.2, -0.15) is 0 Å². The number of amides is 1. The fourth-order valence-corrected chi connectivity index (χ4v) is 5.50. The number of hydrogen-bond acceptors (Lipinski definition) is 8. The van der Waals surface area contributed by atoms with E-state index in [9.17, 15) is 27.2 Å². The second-order valence-corrected chi connectivity index (χ2v) is 11.3. The Labute approximate surface area is 239 Å². The summed E-state index contributed by atoms with van der Waals surface area (Å²) in [4.78, 5) is 45.3. The van der Waals surface area contributed by atoms with Gasteiger partial charge in [-0.25, -0.2) is 22.8 Å². The summed E-state index contributed by atoms with van der Waals surface area (Å²) in [6, 6.07) is 9.01. The van der Waals surface area contributed by atoms with E-state index in [1.54, 1.807) is 32.0 Å². The molecule has 11 nitrogen and oxygen atoms in total. The van der Waals surface area contributed by atoms with Gasteiger partial charge in [0.15, 0.2) is 0 Å². The van der Waals surface area contributed by atoms with Crippen molar-refractivity contribution in [2.45, 2.75) is 37.8 Å². The fraction of sp³-hybridized carbons (Fsp3) is 0.222. The summed E-state index contributed by atoms with van der Waals surface area (Å²) in [5.41, 5.74) is 0.893. The minimum Gasteiger partial charge on any atom is -0.480 e. The Bertz CT molecular complexity index is 1830. The summed E-state index contributed by atoms with van der Waals surface area (Å²) in [7, 11) is -2.94. The smallest absolute Gasteiger partial charge is 0.287 e. The van der Waals surface area contributed by atoms with Crippen LogP contribution in [0.5, 0.6) is 5.88 Å². The van der Waals surface area contributed by atoms with Crippen molar-refractivity contribution < 1.29 is 27.1 Å². The minimum absolute atomic E-state index is 0.0210. The van der Waals surface area contributed by atoms with Crippen LogP contribution in [0, 0.1) is 5.82 Å². The van der Waals surface area contributed by atoms with Crippen LogP contribution in [0.25, 0.3) is 22.0 Å². The molecule has 2 heterocycles. The van der Waals surface area contributed by atoms with Crippen molar-refractivity contribution in [1.29, 1.82) is 0 Å². The van der Waals surface area contributed by atoms with Crippen LogP contribution in [0.3, 0.4) is 0 Å². The van der Waals surface area contributed by atoms with Gasteiger partial charge in [-0.1, -0.05) is 17.7 Å². The van der Waals surface area contributed by atoms with Gasteiger partial charge in [-0.3, -0.25) is 23.7 Å². The molecule has 0 radical (unpaired) electrons. The van der Waals surface area contributed by atoms with E-state index in [-0.39, 0.29) is 45.9 Å². The second-order valence-electron chi connectivity index (χ2n) is 9.24. The highest BCUT2D eigenvalue weighted by Crippen LogP contribution is 2.32. The summed E-state index contributed by atoms with van der Waals surface area (Å²) < 4.78 is 48.3. The number of sulfonamides is 1. The van der Waals surface area contributed by atoms with Crippen LogP contribution in [0.4, 0.5) is 10.1 Å². The Morgan fingerprint density at radius 1 is 1.10 bits per heavy atom. The molecule has 0 aliphatic heterocycles. The molecule has 14 heteroatoms. The summed E-state index contributed by atoms with van der Waals surface area (Å²) in [6.07, 6.45) is 2.55. The van der Waals surface area contributed by atoms with Crippen LogP contribution in [0.15, 0.2) is 64.7 Å². The van der Waals surface area contributed by atoms with E-state index in [0.29, 0.717) is 16.6 Å². The predicted molar refractivity (Wildman–Crippen MR) is 151 cm³/mol.